The molecule has 90 heavy (non-hydrogen) atoms. The Bertz CT molecular complexity index is 2910. The molecule has 5 aliphatic rings. The van der Waals surface area contributed by atoms with Gasteiger partial charge in [0.15, 0.2) is 24.8 Å². The van der Waals surface area contributed by atoms with E-state index in [2.05, 4.69) is 75.9 Å². The zero-order chi connectivity index (χ0) is 65.1. The second-order valence-corrected chi connectivity index (χ2v) is 27.6. The summed E-state index contributed by atoms with van der Waals surface area (Å²) in [5, 5.41) is 67.9. The first-order valence-corrected chi connectivity index (χ1v) is 32.6. The second-order valence-electron chi connectivity index (χ2n) is 27.6. The molecular formula is C69H103FN7O13+. The molecule has 1 unspecified atom stereocenters. The smallest absolute Gasteiger partial charge is 0.311 e. The van der Waals surface area contributed by atoms with Crippen molar-refractivity contribution in [1.29, 1.82) is 0 Å². The Morgan fingerprint density at radius 1 is 0.878 bits per heavy atom. The van der Waals surface area contributed by atoms with E-state index < -0.39 is 127 Å². The Morgan fingerprint density at radius 2 is 1.51 bits per heavy atom. The van der Waals surface area contributed by atoms with Gasteiger partial charge in [-0.15, -0.1) is 0 Å². The summed E-state index contributed by atoms with van der Waals surface area (Å²) in [6, 6.07) is 27.5. The number of nitrogens with one attached hydrogen (secondary N) is 1. The molecule has 4 aliphatic heterocycles. The molecule has 5 heterocycles. The zero-order valence-corrected chi connectivity index (χ0v) is 55.3. The minimum Gasteiger partial charge on any atom is -0.459 e. The number of ether oxygens (including phenoxy) is 7. The highest BCUT2D eigenvalue weighted by atomic mass is 19.1. The lowest BCUT2D eigenvalue weighted by Gasteiger charge is -2.49. The number of aliphatic hydroxyl groups excluding tert-OH is 3. The molecule has 1 aliphatic carbocycles. The van der Waals surface area contributed by atoms with Gasteiger partial charge in [0.1, 0.15) is 42.8 Å². The average molecular weight is 1260 g/mol. The number of nitrogens with zero attached hydrogens (tertiary/aromatic N) is 6. The zero-order valence-electron chi connectivity index (χ0n) is 55.3. The van der Waals surface area contributed by atoms with Crippen molar-refractivity contribution in [2.45, 2.75) is 210 Å². The van der Waals surface area contributed by atoms with Crippen molar-refractivity contribution >= 4 is 17.4 Å². The van der Waals surface area contributed by atoms with Crippen molar-refractivity contribution < 1.29 is 72.6 Å². The number of carbonyl (C=O) groups is 1. The normalized spacial score (nSPS) is 38.0. The predicted molar refractivity (Wildman–Crippen MR) is 338 cm³/mol. The average Bonchev–Trinajstić information content (AvgIpc) is 1.56. The van der Waals surface area contributed by atoms with Crippen LogP contribution in [0.5, 0.6) is 0 Å². The lowest BCUT2D eigenvalue weighted by molar-refractivity contribution is -0.784. The number of likely N-dealkylation sites (N-methyl/N-ethyl adjacent to an activating group) is 2. The molecule has 4 saturated heterocycles. The van der Waals surface area contributed by atoms with Gasteiger partial charge in [0.2, 0.25) is 5.69 Å². The number of alkyl halides is 1. The molecule has 3 aromatic carbocycles. The van der Waals surface area contributed by atoms with E-state index in [4.69, 9.17) is 38.2 Å². The number of carbonyl (C=O) groups excluding carboxylic acids is 1. The van der Waals surface area contributed by atoms with Gasteiger partial charge in [0.05, 0.1) is 53.3 Å². The molecule has 23 atom stereocenters. The molecule has 6 N–H and O–H groups in total. The van der Waals surface area contributed by atoms with Crippen LogP contribution in [0, 0.1) is 29.6 Å². The standard InChI is InChI=1S/C69H102FN7O13/c1-15-55-69(10,83)62(79)44(6)75(12)36-40(2)33-67(8,82)64(42(4)60(43(5)65(81)88-55)89-56-34-68(9,85-14)63(80)45(7)87-56)90-66-59(78)53(32-41(3)86-66)74(11)31-30-49-37-77(73-72-49)54(35-70)61(84-13)48-26-28-50(29-27-48)76-38-51-52(39-76)58(51)71-57(46-22-18-16-19-23-46)47-24-20-17-21-25-47/h16-29,37,40-45,51-56,58-64,66,78-80,82-83H,15,30-36,38-39H2,1-14H3/p+1/t40-,41-,42+,43-,44-,45+,51-,52+,53+,54-,55-,56+,58?,59-,60+,61-,62-,63+,64-,66+,67-,68-,69-/m1/s1. The Hall–Kier alpha value is -4.85. The van der Waals surface area contributed by atoms with Crippen LogP contribution in [0.25, 0.3) is 0 Å². The first kappa shape index (κ1) is 69.5. The van der Waals surface area contributed by atoms with Gasteiger partial charge < -0.3 is 73.4 Å². The summed E-state index contributed by atoms with van der Waals surface area (Å²) < 4.78 is 61.6. The van der Waals surface area contributed by atoms with Crippen LogP contribution in [0.1, 0.15) is 129 Å². The monoisotopic (exact) mass is 1260 g/mol. The number of aromatic nitrogens is 3. The van der Waals surface area contributed by atoms with Crippen LogP contribution in [0.4, 0.5) is 10.1 Å². The Morgan fingerprint density at radius 3 is 2.10 bits per heavy atom. The third-order valence-corrected chi connectivity index (χ3v) is 20.7. The van der Waals surface area contributed by atoms with Gasteiger partial charge in [-0.25, -0.2) is 4.39 Å². The van der Waals surface area contributed by atoms with Gasteiger partial charge in [0, 0.05) is 105 Å². The highest BCUT2D eigenvalue weighted by Gasteiger charge is 2.57. The number of H-pyrrole nitrogens is 1. The third-order valence-electron chi connectivity index (χ3n) is 20.7. The molecular weight excluding hydrogens is 1150 g/mol. The number of piperidine rings is 1. The highest BCUT2D eigenvalue weighted by molar-refractivity contribution is 6.13. The maximum absolute atomic E-state index is 15.3. The fraction of sp³-hybridized carbons (Fsp3) is 0.681. The van der Waals surface area contributed by atoms with Gasteiger partial charge >= 0.3 is 5.97 Å². The summed E-state index contributed by atoms with van der Waals surface area (Å²) in [4.78, 5) is 26.3. The SMILES string of the molecule is CC[C@H]1OC(=O)[C@H](C)[C@@H](O[C@H]2C[C@@](C)(OC)[C@@H](O)[C@H](C)O2)[C@H](C)[C@@H](O[C@@H]2O[C@H](C)C[C@H](N(C)CCc3c[n+]([C@H](CF)[C@H](OC)c4ccc(N5C[C@@H]6C(N=C(c7ccccc7)c7ccccc7)[C@@H]6C5)cc4)[nH]n3)[C@H]2O)[C@](C)(O)C[C@@H](C)CN(C)[C@H](C)[C@@H](O)[C@]1(C)O. The number of esters is 1. The summed E-state index contributed by atoms with van der Waals surface area (Å²) in [5.41, 5.74) is 1.29. The first-order valence-electron chi connectivity index (χ1n) is 32.6. The number of fused-ring (bicyclic) bond motifs is 1. The molecule has 21 heteroatoms. The fourth-order valence-electron chi connectivity index (χ4n) is 15.0. The van der Waals surface area contributed by atoms with E-state index in [0.29, 0.717) is 43.5 Å². The van der Waals surface area contributed by atoms with E-state index in [9.17, 15) is 30.3 Å². The molecule has 0 radical (unpaired) electrons. The van der Waals surface area contributed by atoms with Crippen LogP contribution in [0.2, 0.25) is 0 Å². The predicted octanol–water partition coefficient (Wildman–Crippen LogP) is 6.39. The number of rotatable bonds is 19. The Labute approximate surface area is 532 Å². The molecule has 498 valence electrons. The van der Waals surface area contributed by atoms with Crippen LogP contribution >= 0.6 is 0 Å². The number of hydrogen-bond acceptors (Lipinski definition) is 18. The van der Waals surface area contributed by atoms with Crippen molar-refractivity contribution in [1.82, 2.24) is 20.1 Å². The topological polar surface area (TPSA) is 237 Å². The molecule has 1 aromatic heterocycles. The largest absolute Gasteiger partial charge is 0.459 e. The third kappa shape index (κ3) is 15.2. The van der Waals surface area contributed by atoms with Crippen LogP contribution in [0.3, 0.4) is 0 Å². The van der Waals surface area contributed by atoms with Crippen molar-refractivity contribution in [3.8, 4) is 0 Å². The number of aliphatic imine (C=N–C) groups is 1. The number of methoxy groups -OCH3 is 2. The number of benzene rings is 3. The number of aliphatic hydroxyl groups is 5. The van der Waals surface area contributed by atoms with Gasteiger partial charge in [-0.1, -0.05) is 98.8 Å². The van der Waals surface area contributed by atoms with E-state index in [1.165, 1.54) is 14.0 Å². The number of hydrogen-bond donors (Lipinski definition) is 6. The van der Waals surface area contributed by atoms with E-state index in [0.717, 1.165) is 41.2 Å². The first-order chi connectivity index (χ1) is 42.7. The van der Waals surface area contributed by atoms with E-state index in [1.54, 1.807) is 59.5 Å². The maximum atomic E-state index is 15.3. The Balaban J connectivity index is 0.879. The van der Waals surface area contributed by atoms with E-state index in [-0.39, 0.29) is 31.2 Å². The molecule has 9 rings (SSSR count). The molecule has 5 fully saturated rings. The molecule has 0 bridgehead atoms. The lowest BCUT2D eigenvalue weighted by atomic mass is 9.77. The second kappa shape index (κ2) is 29.2. The van der Waals surface area contributed by atoms with Crippen molar-refractivity contribution in [3.05, 3.63) is 114 Å². The number of anilines is 1. The van der Waals surface area contributed by atoms with Crippen LogP contribution in [0.15, 0.2) is 96.1 Å². The van der Waals surface area contributed by atoms with E-state index >= 15 is 4.39 Å². The number of cyclic esters (lactones) is 1. The number of halogens is 1. The van der Waals surface area contributed by atoms with Crippen LogP contribution in [-0.2, 0) is 44.4 Å². The summed E-state index contributed by atoms with van der Waals surface area (Å²) in [7, 11) is 6.84. The van der Waals surface area contributed by atoms with Gasteiger partial charge in [0.25, 0.3) is 0 Å². The summed E-state index contributed by atoms with van der Waals surface area (Å²) >= 11 is 0. The van der Waals surface area contributed by atoms with Crippen molar-refractivity contribution in [3.63, 3.8) is 0 Å². The number of aromatic amines is 1. The minimum absolute atomic E-state index is 0.0836. The molecule has 4 aromatic rings. The molecule has 20 nitrogen and oxygen atoms in total. The minimum atomic E-state index is -1.86. The molecule has 1 saturated carbocycles. The van der Waals surface area contributed by atoms with Crippen molar-refractivity contribution in [2.24, 2.45) is 34.6 Å². The molecule has 0 spiro atoms. The maximum Gasteiger partial charge on any atom is 0.311 e. The van der Waals surface area contributed by atoms with Crippen LogP contribution < -0.4 is 9.58 Å². The Kier molecular flexibility index (Phi) is 22.5. The summed E-state index contributed by atoms with van der Waals surface area (Å²) in [6.45, 7) is 19.5. The van der Waals surface area contributed by atoms with Crippen molar-refractivity contribution in [2.75, 3.05) is 66.1 Å². The van der Waals surface area contributed by atoms with E-state index in [1.807, 2.05) is 68.9 Å². The summed E-state index contributed by atoms with van der Waals surface area (Å²) in [6.07, 6.45) is -7.86. The van der Waals surface area contributed by atoms with Gasteiger partial charge in [-0.3, -0.25) is 9.79 Å². The van der Waals surface area contributed by atoms with Crippen LogP contribution in [-0.4, -0.2) is 215 Å². The van der Waals surface area contributed by atoms with Gasteiger partial charge in [-0.2, -0.15) is 4.68 Å². The fourth-order valence-corrected chi connectivity index (χ4v) is 15.0. The lowest BCUT2D eigenvalue weighted by Crippen LogP contribution is -2.61. The quantitative estimate of drug-likeness (QED) is 0.0339. The summed E-state index contributed by atoms with van der Waals surface area (Å²) in [5.74, 6) is -1.94. The van der Waals surface area contributed by atoms with Gasteiger partial charge in [-0.05, 0) is 105 Å². The molecule has 0 amide bonds. The highest BCUT2D eigenvalue weighted by Crippen LogP contribution is 2.50.